The smallest absolute Gasteiger partial charge is 0.321 e. The Morgan fingerprint density at radius 3 is 2.33 bits per heavy atom. The van der Waals surface area contributed by atoms with E-state index in [0.29, 0.717) is 27.8 Å². The summed E-state index contributed by atoms with van der Waals surface area (Å²) in [5, 5.41) is 5.66. The second kappa shape index (κ2) is 8.70. The van der Waals surface area contributed by atoms with Gasteiger partial charge in [-0.15, -0.1) is 11.3 Å². The highest BCUT2D eigenvalue weighted by atomic mass is 35.5. The zero-order valence-electron chi connectivity index (χ0n) is 14.6. The summed E-state index contributed by atoms with van der Waals surface area (Å²) in [6.07, 6.45) is 0. The molecule has 7 heteroatoms. The fourth-order valence-corrected chi connectivity index (χ4v) is 3.57. The molecule has 2 N–H and O–H groups in total. The number of carbonyl (C=O) groups is 2. The molecule has 1 heterocycles. The van der Waals surface area contributed by atoms with E-state index in [1.165, 1.54) is 11.3 Å². The quantitative estimate of drug-likeness (QED) is 0.610. The van der Waals surface area contributed by atoms with E-state index < -0.39 is 0 Å². The van der Waals surface area contributed by atoms with Crippen LogP contribution < -0.4 is 10.6 Å². The Bertz CT molecular complexity index is 943. The van der Waals surface area contributed by atoms with Gasteiger partial charge >= 0.3 is 6.03 Å². The van der Waals surface area contributed by atoms with Crippen molar-refractivity contribution in [1.29, 1.82) is 0 Å². The van der Waals surface area contributed by atoms with Gasteiger partial charge in [0.05, 0.1) is 10.9 Å². The van der Waals surface area contributed by atoms with Crippen LogP contribution in [0.3, 0.4) is 0 Å². The Balaban J connectivity index is 1.61. The van der Waals surface area contributed by atoms with Gasteiger partial charge in [-0.1, -0.05) is 35.9 Å². The maximum absolute atomic E-state index is 12.4. The number of amides is 3. The van der Waals surface area contributed by atoms with Gasteiger partial charge in [0.1, 0.15) is 0 Å². The maximum atomic E-state index is 12.4. The summed E-state index contributed by atoms with van der Waals surface area (Å²) < 4.78 is 0.695. The van der Waals surface area contributed by atoms with Crippen LogP contribution in [0.2, 0.25) is 4.34 Å². The number of benzene rings is 2. The van der Waals surface area contributed by atoms with Crippen molar-refractivity contribution in [3.63, 3.8) is 0 Å². The number of nitrogens with one attached hydrogen (secondary N) is 2. The van der Waals surface area contributed by atoms with Gasteiger partial charge in [-0.2, -0.15) is 0 Å². The van der Waals surface area contributed by atoms with E-state index in [4.69, 9.17) is 11.6 Å². The number of hydrogen-bond donors (Lipinski definition) is 2. The standard InChI is InChI=1S/C20H18ClN3O2S/c1-24(13-17-10-11-18(21)27-17)20(26)23-16-9-5-8-15(12-16)22-19(25)14-6-3-2-4-7-14/h2-12H,13H2,1H3,(H,22,25)(H,23,26). The molecule has 0 radical (unpaired) electrons. The van der Waals surface area contributed by atoms with E-state index >= 15 is 0 Å². The Morgan fingerprint density at radius 2 is 1.67 bits per heavy atom. The molecule has 0 aliphatic heterocycles. The van der Waals surface area contributed by atoms with E-state index in [1.54, 1.807) is 48.3 Å². The molecular weight excluding hydrogens is 382 g/mol. The highest BCUT2D eigenvalue weighted by molar-refractivity contribution is 7.16. The molecule has 5 nitrogen and oxygen atoms in total. The molecule has 3 rings (SSSR count). The number of carbonyl (C=O) groups excluding carboxylic acids is 2. The lowest BCUT2D eigenvalue weighted by molar-refractivity contribution is 0.102. The second-order valence-corrected chi connectivity index (χ2v) is 7.69. The molecule has 3 amide bonds. The topological polar surface area (TPSA) is 61.4 Å². The number of urea groups is 1. The van der Waals surface area contributed by atoms with E-state index in [-0.39, 0.29) is 11.9 Å². The molecule has 0 saturated heterocycles. The number of halogens is 1. The summed E-state index contributed by atoms with van der Waals surface area (Å²) in [5.74, 6) is -0.203. The van der Waals surface area contributed by atoms with Crippen molar-refractivity contribution in [2.45, 2.75) is 6.54 Å². The van der Waals surface area contributed by atoms with Crippen LogP contribution in [0.25, 0.3) is 0 Å². The molecule has 0 fully saturated rings. The molecule has 0 bridgehead atoms. The largest absolute Gasteiger partial charge is 0.322 e. The highest BCUT2D eigenvalue weighted by Crippen LogP contribution is 2.23. The van der Waals surface area contributed by atoms with Gasteiger partial charge in [0.15, 0.2) is 0 Å². The lowest BCUT2D eigenvalue weighted by Crippen LogP contribution is -2.30. The third kappa shape index (κ3) is 5.32. The number of nitrogens with zero attached hydrogens (tertiary/aromatic N) is 1. The van der Waals surface area contributed by atoms with E-state index in [9.17, 15) is 9.59 Å². The number of thiophene rings is 1. The Morgan fingerprint density at radius 1 is 0.963 bits per heavy atom. The predicted molar refractivity (Wildman–Crippen MR) is 111 cm³/mol. The van der Waals surface area contributed by atoms with Gasteiger partial charge in [0.2, 0.25) is 0 Å². The molecule has 0 unspecified atom stereocenters. The Hall–Kier alpha value is -2.83. The Labute approximate surface area is 166 Å². The monoisotopic (exact) mass is 399 g/mol. The summed E-state index contributed by atoms with van der Waals surface area (Å²) in [6.45, 7) is 0.466. The van der Waals surface area contributed by atoms with Gasteiger partial charge in [0, 0.05) is 28.9 Å². The average Bonchev–Trinajstić information content (AvgIpc) is 3.07. The number of hydrogen-bond acceptors (Lipinski definition) is 3. The van der Waals surface area contributed by atoms with E-state index in [2.05, 4.69) is 10.6 Å². The van der Waals surface area contributed by atoms with Crippen molar-refractivity contribution >= 4 is 46.3 Å². The van der Waals surface area contributed by atoms with Gasteiger partial charge in [-0.25, -0.2) is 4.79 Å². The molecule has 0 aliphatic rings. The molecule has 138 valence electrons. The van der Waals surface area contributed by atoms with Gasteiger partial charge in [-0.3, -0.25) is 4.79 Å². The molecule has 0 spiro atoms. The van der Waals surface area contributed by atoms with Crippen LogP contribution in [0.4, 0.5) is 16.2 Å². The first-order valence-electron chi connectivity index (χ1n) is 8.24. The Kier molecular flexibility index (Phi) is 6.11. The molecule has 27 heavy (non-hydrogen) atoms. The molecular formula is C20H18ClN3O2S. The minimum Gasteiger partial charge on any atom is -0.322 e. The van der Waals surface area contributed by atoms with Crippen LogP contribution in [-0.2, 0) is 6.54 Å². The minimum absolute atomic E-state index is 0.203. The molecule has 0 aliphatic carbocycles. The fourth-order valence-electron chi connectivity index (χ4n) is 2.43. The normalized spacial score (nSPS) is 10.3. The van der Waals surface area contributed by atoms with Gasteiger partial charge < -0.3 is 15.5 Å². The lowest BCUT2D eigenvalue weighted by atomic mass is 10.2. The second-order valence-electron chi connectivity index (χ2n) is 5.89. The molecule has 1 aromatic heterocycles. The molecule has 3 aromatic rings. The van der Waals surface area contributed by atoms with E-state index in [0.717, 1.165) is 4.88 Å². The number of rotatable bonds is 5. The van der Waals surface area contributed by atoms with Crippen LogP contribution in [0.15, 0.2) is 66.7 Å². The third-order valence-corrected chi connectivity index (χ3v) is 4.99. The first-order valence-corrected chi connectivity index (χ1v) is 9.43. The summed E-state index contributed by atoms with van der Waals surface area (Å²) in [7, 11) is 1.71. The highest BCUT2D eigenvalue weighted by Gasteiger charge is 2.11. The first-order chi connectivity index (χ1) is 13.0. The van der Waals surface area contributed by atoms with Crippen molar-refractivity contribution < 1.29 is 9.59 Å². The zero-order valence-corrected chi connectivity index (χ0v) is 16.2. The van der Waals surface area contributed by atoms with Gasteiger partial charge in [-0.05, 0) is 42.5 Å². The third-order valence-electron chi connectivity index (χ3n) is 3.78. The molecule has 0 saturated carbocycles. The average molecular weight is 400 g/mol. The minimum atomic E-state index is -0.244. The van der Waals surface area contributed by atoms with Crippen molar-refractivity contribution in [2.75, 3.05) is 17.7 Å². The van der Waals surface area contributed by atoms with E-state index in [1.807, 2.05) is 30.3 Å². The van der Waals surface area contributed by atoms with Crippen molar-refractivity contribution in [2.24, 2.45) is 0 Å². The maximum Gasteiger partial charge on any atom is 0.321 e. The summed E-state index contributed by atoms with van der Waals surface area (Å²) in [4.78, 5) is 27.2. The summed E-state index contributed by atoms with van der Waals surface area (Å²) in [5.41, 5.74) is 1.78. The van der Waals surface area contributed by atoms with Crippen LogP contribution in [0.5, 0.6) is 0 Å². The molecule has 0 atom stereocenters. The van der Waals surface area contributed by atoms with Crippen LogP contribution in [-0.4, -0.2) is 23.9 Å². The lowest BCUT2D eigenvalue weighted by Gasteiger charge is -2.17. The SMILES string of the molecule is CN(Cc1ccc(Cl)s1)C(=O)Nc1cccc(NC(=O)c2ccccc2)c1. The van der Waals surface area contributed by atoms with Crippen molar-refractivity contribution in [3.05, 3.63) is 81.5 Å². The summed E-state index contributed by atoms with van der Waals surface area (Å²) in [6, 6.07) is 19.5. The predicted octanol–water partition coefficient (Wildman–Crippen LogP) is 5.32. The zero-order chi connectivity index (χ0) is 19.2. The van der Waals surface area contributed by atoms with Gasteiger partial charge in [0.25, 0.3) is 5.91 Å². The fraction of sp³-hybridized carbons (Fsp3) is 0.100. The van der Waals surface area contributed by atoms with Crippen molar-refractivity contribution in [1.82, 2.24) is 4.90 Å². The van der Waals surface area contributed by atoms with Crippen molar-refractivity contribution in [3.8, 4) is 0 Å². The first kappa shape index (κ1) is 18.9. The van der Waals surface area contributed by atoms with Crippen LogP contribution >= 0.6 is 22.9 Å². The number of anilines is 2. The van der Waals surface area contributed by atoms with Crippen LogP contribution in [0, 0.1) is 0 Å². The molecule has 2 aromatic carbocycles. The van der Waals surface area contributed by atoms with Crippen LogP contribution in [0.1, 0.15) is 15.2 Å². The summed E-state index contributed by atoms with van der Waals surface area (Å²) >= 11 is 7.36.